The summed E-state index contributed by atoms with van der Waals surface area (Å²) in [5.74, 6) is 0.172. The van der Waals surface area contributed by atoms with Crippen molar-refractivity contribution < 1.29 is 9.21 Å². The molecule has 0 aliphatic rings. The summed E-state index contributed by atoms with van der Waals surface area (Å²) in [7, 11) is 0. The lowest BCUT2D eigenvalue weighted by atomic mass is 10.1. The van der Waals surface area contributed by atoms with Crippen molar-refractivity contribution in [1.82, 2.24) is 9.88 Å². The Morgan fingerprint density at radius 1 is 1.16 bits per heavy atom. The van der Waals surface area contributed by atoms with Crippen LogP contribution in [0.3, 0.4) is 0 Å². The van der Waals surface area contributed by atoms with Crippen LogP contribution in [0.2, 0.25) is 0 Å². The number of aromatic nitrogens is 1. The zero-order valence-corrected chi connectivity index (χ0v) is 14.8. The van der Waals surface area contributed by atoms with E-state index < -0.39 is 0 Å². The molecule has 0 aliphatic carbocycles. The van der Waals surface area contributed by atoms with Gasteiger partial charge in [-0.05, 0) is 31.9 Å². The molecule has 0 saturated carbocycles. The van der Waals surface area contributed by atoms with Gasteiger partial charge in [-0.2, -0.15) is 0 Å². The molecule has 0 aliphatic heterocycles. The van der Waals surface area contributed by atoms with Crippen molar-refractivity contribution in [1.29, 1.82) is 0 Å². The smallest absolute Gasteiger partial charge is 0.262 e. The number of fused-ring (bicyclic) bond motifs is 1. The van der Waals surface area contributed by atoms with E-state index in [0.29, 0.717) is 35.4 Å². The third-order valence-corrected chi connectivity index (χ3v) is 4.26. The first-order valence-electron chi connectivity index (χ1n) is 8.47. The highest BCUT2D eigenvalue weighted by Crippen LogP contribution is 2.22. The van der Waals surface area contributed by atoms with E-state index in [1.165, 1.54) is 5.56 Å². The van der Waals surface area contributed by atoms with Crippen LogP contribution in [0.1, 0.15) is 40.6 Å². The summed E-state index contributed by atoms with van der Waals surface area (Å²) in [6, 6.07) is 9.71. The number of carbonyl (C=O) groups is 1. The maximum absolute atomic E-state index is 12.7. The number of furan rings is 1. The van der Waals surface area contributed by atoms with E-state index in [1.807, 2.05) is 38.1 Å². The van der Waals surface area contributed by atoms with Crippen LogP contribution in [0.25, 0.3) is 11.0 Å². The quantitative estimate of drug-likeness (QED) is 0.774. The van der Waals surface area contributed by atoms with Gasteiger partial charge in [0, 0.05) is 19.3 Å². The van der Waals surface area contributed by atoms with E-state index in [1.54, 1.807) is 23.8 Å². The minimum absolute atomic E-state index is 0.184. The molecule has 5 nitrogen and oxygen atoms in total. The topological polar surface area (TPSA) is 64.2 Å². The number of aryl methyl sites for hydroxylation is 3. The van der Waals surface area contributed by atoms with Crippen LogP contribution in [0.5, 0.6) is 0 Å². The van der Waals surface area contributed by atoms with Crippen LogP contribution in [0.4, 0.5) is 0 Å². The molecule has 0 unspecified atom stereocenters. The zero-order valence-electron chi connectivity index (χ0n) is 14.8. The van der Waals surface area contributed by atoms with Crippen LogP contribution in [-0.2, 0) is 13.1 Å². The van der Waals surface area contributed by atoms with Gasteiger partial charge in [-0.15, -0.1) is 0 Å². The van der Waals surface area contributed by atoms with Crippen molar-refractivity contribution in [3.05, 3.63) is 69.3 Å². The molecule has 3 rings (SSSR count). The molecule has 3 aromatic rings. The number of hydrogen-bond donors (Lipinski definition) is 1. The molecule has 5 heteroatoms. The van der Waals surface area contributed by atoms with Crippen molar-refractivity contribution in [2.45, 2.75) is 40.3 Å². The Hall–Kier alpha value is -2.82. The Labute approximate surface area is 146 Å². The summed E-state index contributed by atoms with van der Waals surface area (Å²) in [5, 5.41) is 3.24. The van der Waals surface area contributed by atoms with E-state index in [4.69, 9.17) is 4.42 Å². The summed E-state index contributed by atoms with van der Waals surface area (Å²) >= 11 is 0. The molecule has 0 atom stereocenters. The first kappa shape index (κ1) is 17.0. The number of nitrogens with zero attached hydrogens (tertiary/aromatic N) is 1. The zero-order chi connectivity index (χ0) is 18.0. The molecular weight excluding hydrogens is 316 g/mol. The summed E-state index contributed by atoms with van der Waals surface area (Å²) in [6.07, 6.45) is 2.56. The maximum Gasteiger partial charge on any atom is 0.262 e. The van der Waals surface area contributed by atoms with Crippen molar-refractivity contribution in [2.24, 2.45) is 0 Å². The minimum Gasteiger partial charge on any atom is -0.460 e. The Kier molecular flexibility index (Phi) is 4.74. The summed E-state index contributed by atoms with van der Waals surface area (Å²) in [6.45, 7) is 6.76. The van der Waals surface area contributed by atoms with Gasteiger partial charge in [0.2, 0.25) is 0 Å². The van der Waals surface area contributed by atoms with Gasteiger partial charge in [-0.3, -0.25) is 9.59 Å². The third kappa shape index (κ3) is 3.36. The second-order valence-corrected chi connectivity index (χ2v) is 6.26. The van der Waals surface area contributed by atoms with Gasteiger partial charge in [0.25, 0.3) is 11.5 Å². The predicted molar refractivity (Wildman–Crippen MR) is 97.9 cm³/mol. The number of rotatable bonds is 5. The van der Waals surface area contributed by atoms with E-state index in [9.17, 15) is 9.59 Å². The maximum atomic E-state index is 12.7. The molecule has 0 bridgehead atoms. The Bertz CT molecular complexity index is 965. The first-order valence-corrected chi connectivity index (χ1v) is 8.47. The lowest BCUT2D eigenvalue weighted by Gasteiger charge is -2.06. The standard InChI is InChI=1S/C20H22N2O3/c1-4-10-22-11-9-16-18(20(22)24)17(14(3)25-16)19(23)21-12-15-7-5-13(2)6-8-15/h5-9,11H,4,10,12H2,1-3H3,(H,21,23). The Morgan fingerprint density at radius 3 is 2.56 bits per heavy atom. The minimum atomic E-state index is -0.289. The average molecular weight is 338 g/mol. The number of hydrogen-bond acceptors (Lipinski definition) is 3. The molecule has 25 heavy (non-hydrogen) atoms. The average Bonchev–Trinajstić information content (AvgIpc) is 2.94. The number of amides is 1. The number of pyridine rings is 1. The monoisotopic (exact) mass is 338 g/mol. The lowest BCUT2D eigenvalue weighted by Crippen LogP contribution is -2.26. The molecule has 0 fully saturated rings. The van der Waals surface area contributed by atoms with E-state index in [2.05, 4.69) is 5.32 Å². The Morgan fingerprint density at radius 2 is 1.88 bits per heavy atom. The lowest BCUT2D eigenvalue weighted by molar-refractivity contribution is 0.0950. The predicted octanol–water partition coefficient (Wildman–Crippen LogP) is 3.55. The number of benzene rings is 1. The molecule has 2 aromatic heterocycles. The van der Waals surface area contributed by atoms with Gasteiger partial charge in [-0.25, -0.2) is 0 Å². The van der Waals surface area contributed by atoms with E-state index in [-0.39, 0.29) is 11.5 Å². The van der Waals surface area contributed by atoms with Crippen molar-refractivity contribution in [3.63, 3.8) is 0 Å². The summed E-state index contributed by atoms with van der Waals surface area (Å²) < 4.78 is 7.25. The van der Waals surface area contributed by atoms with Crippen LogP contribution in [0, 0.1) is 13.8 Å². The fourth-order valence-electron chi connectivity index (χ4n) is 2.93. The van der Waals surface area contributed by atoms with Gasteiger partial charge < -0.3 is 14.3 Å². The van der Waals surface area contributed by atoms with Crippen LogP contribution < -0.4 is 10.9 Å². The van der Waals surface area contributed by atoms with E-state index in [0.717, 1.165) is 12.0 Å². The summed E-state index contributed by atoms with van der Waals surface area (Å²) in [4.78, 5) is 25.4. The molecule has 0 radical (unpaired) electrons. The van der Waals surface area contributed by atoms with Gasteiger partial charge in [0.1, 0.15) is 11.3 Å². The third-order valence-electron chi connectivity index (χ3n) is 4.26. The van der Waals surface area contributed by atoms with Crippen molar-refractivity contribution >= 4 is 16.9 Å². The largest absolute Gasteiger partial charge is 0.460 e. The highest BCUT2D eigenvalue weighted by molar-refractivity contribution is 6.06. The van der Waals surface area contributed by atoms with Gasteiger partial charge >= 0.3 is 0 Å². The van der Waals surface area contributed by atoms with Crippen molar-refractivity contribution in [2.75, 3.05) is 0 Å². The molecule has 1 amide bonds. The molecule has 1 aromatic carbocycles. The fourth-order valence-corrected chi connectivity index (χ4v) is 2.93. The van der Waals surface area contributed by atoms with Gasteiger partial charge in [0.15, 0.2) is 0 Å². The van der Waals surface area contributed by atoms with Gasteiger partial charge in [-0.1, -0.05) is 36.8 Å². The normalized spacial score (nSPS) is 11.0. The molecular formula is C20H22N2O3. The van der Waals surface area contributed by atoms with Crippen LogP contribution in [0.15, 0.2) is 45.7 Å². The molecule has 0 saturated heterocycles. The number of carbonyl (C=O) groups excluding carboxylic acids is 1. The SMILES string of the molecule is CCCn1ccc2oc(C)c(C(=O)NCc3ccc(C)cc3)c2c1=O. The second-order valence-electron chi connectivity index (χ2n) is 6.26. The highest BCUT2D eigenvalue weighted by atomic mass is 16.3. The van der Waals surface area contributed by atoms with Crippen LogP contribution in [-0.4, -0.2) is 10.5 Å². The Balaban J connectivity index is 1.92. The fraction of sp³-hybridized carbons (Fsp3) is 0.300. The summed E-state index contributed by atoms with van der Waals surface area (Å²) in [5.41, 5.74) is 2.78. The van der Waals surface area contributed by atoms with E-state index >= 15 is 0 Å². The highest BCUT2D eigenvalue weighted by Gasteiger charge is 2.21. The molecule has 130 valence electrons. The van der Waals surface area contributed by atoms with Crippen molar-refractivity contribution in [3.8, 4) is 0 Å². The molecule has 1 N–H and O–H groups in total. The van der Waals surface area contributed by atoms with Crippen LogP contribution >= 0.6 is 0 Å². The first-order chi connectivity index (χ1) is 12.0. The van der Waals surface area contributed by atoms with Gasteiger partial charge in [0.05, 0.1) is 10.9 Å². The number of nitrogens with one attached hydrogen (secondary N) is 1. The second kappa shape index (κ2) is 6.97. The molecule has 0 spiro atoms. The molecule has 2 heterocycles.